The lowest BCUT2D eigenvalue weighted by molar-refractivity contribution is -0.146. The molecule has 0 bridgehead atoms. The number of likely N-dealkylation sites (tertiary alicyclic amines) is 1. The van der Waals surface area contributed by atoms with Crippen molar-refractivity contribution in [3.05, 3.63) is 40.7 Å². The van der Waals surface area contributed by atoms with Crippen molar-refractivity contribution in [2.75, 3.05) is 6.54 Å². The molecule has 0 aliphatic carbocycles. The summed E-state index contributed by atoms with van der Waals surface area (Å²) >= 11 is 5.82. The highest BCUT2D eigenvalue weighted by Crippen LogP contribution is 2.22. The summed E-state index contributed by atoms with van der Waals surface area (Å²) in [4.78, 5) is 24.1. The average molecular weight is 314 g/mol. The number of nitrogens with zero attached hydrogens (tertiary/aromatic N) is 1. The highest BCUT2D eigenvalue weighted by molar-refractivity contribution is 6.32. The molecule has 0 aromatic heterocycles. The number of benzene rings is 1. The van der Waals surface area contributed by atoms with Crippen LogP contribution in [-0.2, 0) is 9.59 Å². The number of amides is 1. The van der Waals surface area contributed by atoms with Gasteiger partial charge >= 0.3 is 5.97 Å². The molecule has 1 aromatic rings. The largest absolute Gasteiger partial charge is 0.480 e. The summed E-state index contributed by atoms with van der Waals surface area (Å²) in [6.07, 6.45) is 1.36. The van der Waals surface area contributed by atoms with Crippen LogP contribution in [0.15, 0.2) is 24.3 Å². The number of carboxylic acid groups (broad SMARTS) is 1. The molecule has 2 N–H and O–H groups in total. The van der Waals surface area contributed by atoms with E-state index in [-0.39, 0.29) is 23.6 Å². The molecular weight excluding hydrogens is 301 g/mol. The summed E-state index contributed by atoms with van der Waals surface area (Å²) in [5.41, 5.74) is 0.0548. The number of halogens is 2. The predicted molar refractivity (Wildman–Crippen MR) is 74.2 cm³/mol. The molecule has 1 fully saturated rings. The van der Waals surface area contributed by atoms with Crippen LogP contribution in [0.3, 0.4) is 0 Å². The Kier molecular flexibility index (Phi) is 4.59. The maximum atomic E-state index is 13.6. The number of aliphatic hydroxyl groups is 1. The van der Waals surface area contributed by atoms with Crippen molar-refractivity contribution in [1.82, 2.24) is 4.90 Å². The third kappa shape index (κ3) is 3.40. The summed E-state index contributed by atoms with van der Waals surface area (Å²) in [7, 11) is 0. The lowest BCUT2D eigenvalue weighted by Crippen LogP contribution is -2.39. The summed E-state index contributed by atoms with van der Waals surface area (Å²) in [5.74, 6) is -2.38. The van der Waals surface area contributed by atoms with Crippen LogP contribution in [0.2, 0.25) is 5.02 Å². The Morgan fingerprint density at radius 3 is 2.76 bits per heavy atom. The fourth-order valence-corrected chi connectivity index (χ4v) is 2.44. The first-order valence-electron chi connectivity index (χ1n) is 6.23. The molecule has 0 spiro atoms. The van der Waals surface area contributed by atoms with Crippen molar-refractivity contribution in [1.29, 1.82) is 0 Å². The van der Waals surface area contributed by atoms with Crippen LogP contribution in [0, 0.1) is 5.82 Å². The monoisotopic (exact) mass is 313 g/mol. The third-order valence-corrected chi connectivity index (χ3v) is 3.57. The molecule has 1 aliphatic heterocycles. The van der Waals surface area contributed by atoms with Gasteiger partial charge in [-0.25, -0.2) is 9.18 Å². The fourth-order valence-electron chi connectivity index (χ4n) is 2.21. The van der Waals surface area contributed by atoms with Crippen LogP contribution in [0.1, 0.15) is 12.0 Å². The maximum absolute atomic E-state index is 13.6. The van der Waals surface area contributed by atoms with E-state index in [2.05, 4.69) is 0 Å². The Hall–Kier alpha value is -1.92. The van der Waals surface area contributed by atoms with Gasteiger partial charge in [0, 0.05) is 24.6 Å². The van der Waals surface area contributed by atoms with Crippen molar-refractivity contribution in [3.63, 3.8) is 0 Å². The van der Waals surface area contributed by atoms with Gasteiger partial charge < -0.3 is 15.1 Å². The zero-order valence-electron chi connectivity index (χ0n) is 10.9. The maximum Gasteiger partial charge on any atom is 0.326 e. The fraction of sp³-hybridized carbons (Fsp3) is 0.286. The Labute approximate surface area is 125 Å². The molecule has 1 aliphatic rings. The van der Waals surface area contributed by atoms with Crippen molar-refractivity contribution < 1.29 is 24.2 Å². The Morgan fingerprint density at radius 2 is 2.14 bits per heavy atom. The zero-order valence-corrected chi connectivity index (χ0v) is 11.6. The van der Waals surface area contributed by atoms with E-state index >= 15 is 0 Å². The van der Waals surface area contributed by atoms with Gasteiger partial charge in [0.05, 0.1) is 11.1 Å². The van der Waals surface area contributed by atoms with Gasteiger partial charge in [-0.1, -0.05) is 17.7 Å². The van der Waals surface area contributed by atoms with E-state index in [0.29, 0.717) is 0 Å². The van der Waals surface area contributed by atoms with E-state index in [1.165, 1.54) is 24.3 Å². The molecule has 2 rings (SSSR count). The molecule has 0 unspecified atom stereocenters. The number of carbonyl (C=O) groups is 2. The lowest BCUT2D eigenvalue weighted by atomic mass is 10.2. The van der Waals surface area contributed by atoms with Gasteiger partial charge in [0.25, 0.3) is 0 Å². The SMILES string of the molecule is O=C(O)[C@@H]1C[C@@H](O)CN1C(=O)C=Cc1c(F)cccc1Cl. The lowest BCUT2D eigenvalue weighted by Gasteiger charge is -2.19. The summed E-state index contributed by atoms with van der Waals surface area (Å²) < 4.78 is 13.6. The molecule has 1 amide bonds. The van der Waals surface area contributed by atoms with Crippen molar-refractivity contribution >= 4 is 29.6 Å². The van der Waals surface area contributed by atoms with E-state index < -0.39 is 29.8 Å². The van der Waals surface area contributed by atoms with E-state index in [4.69, 9.17) is 16.7 Å². The minimum absolute atomic E-state index is 0.0185. The highest BCUT2D eigenvalue weighted by Gasteiger charge is 2.38. The second kappa shape index (κ2) is 6.24. The van der Waals surface area contributed by atoms with Crippen LogP contribution in [0.4, 0.5) is 4.39 Å². The van der Waals surface area contributed by atoms with Gasteiger partial charge in [-0.3, -0.25) is 4.79 Å². The van der Waals surface area contributed by atoms with Gasteiger partial charge in [0.15, 0.2) is 0 Å². The highest BCUT2D eigenvalue weighted by atomic mass is 35.5. The van der Waals surface area contributed by atoms with E-state index in [1.54, 1.807) is 0 Å². The van der Waals surface area contributed by atoms with Gasteiger partial charge in [-0.2, -0.15) is 0 Å². The smallest absolute Gasteiger partial charge is 0.326 e. The summed E-state index contributed by atoms with van der Waals surface area (Å²) in [6.45, 7) is -0.0643. The Balaban J connectivity index is 2.17. The Bertz CT molecular complexity index is 584. The summed E-state index contributed by atoms with van der Waals surface area (Å²) in [5, 5.41) is 18.6. The normalized spacial score (nSPS) is 22.0. The molecule has 1 saturated heterocycles. The van der Waals surface area contributed by atoms with Gasteiger partial charge in [-0.05, 0) is 18.2 Å². The molecular formula is C14H13ClFNO4. The molecule has 5 nitrogen and oxygen atoms in total. The number of hydrogen-bond donors (Lipinski definition) is 2. The number of β-amino-alcohol motifs (C(OH)–C–C–N with tert-alkyl or cyclic N) is 1. The molecule has 0 radical (unpaired) electrons. The summed E-state index contributed by atoms with van der Waals surface area (Å²) in [6, 6.07) is 3.05. The van der Waals surface area contributed by atoms with Gasteiger partial charge in [0.2, 0.25) is 5.91 Å². The quantitative estimate of drug-likeness (QED) is 0.830. The number of rotatable bonds is 3. The second-order valence-corrected chi connectivity index (χ2v) is 5.11. The van der Waals surface area contributed by atoms with Crippen molar-refractivity contribution in [2.24, 2.45) is 0 Å². The number of aliphatic hydroxyl groups excluding tert-OH is 1. The minimum Gasteiger partial charge on any atom is -0.480 e. The van der Waals surface area contributed by atoms with Crippen LogP contribution in [-0.4, -0.2) is 45.7 Å². The first-order valence-corrected chi connectivity index (χ1v) is 6.61. The van der Waals surface area contributed by atoms with Crippen LogP contribution < -0.4 is 0 Å². The van der Waals surface area contributed by atoms with E-state index in [0.717, 1.165) is 11.0 Å². The van der Waals surface area contributed by atoms with Crippen molar-refractivity contribution in [3.8, 4) is 0 Å². The number of carbonyl (C=O) groups excluding carboxylic acids is 1. The predicted octanol–water partition coefficient (Wildman–Crippen LogP) is 1.54. The molecule has 1 aromatic carbocycles. The first-order chi connectivity index (χ1) is 9.90. The number of hydrogen-bond acceptors (Lipinski definition) is 3. The topological polar surface area (TPSA) is 77.8 Å². The molecule has 21 heavy (non-hydrogen) atoms. The molecule has 0 saturated carbocycles. The average Bonchev–Trinajstić information content (AvgIpc) is 2.80. The number of aliphatic carboxylic acids is 1. The van der Waals surface area contributed by atoms with Crippen molar-refractivity contribution in [2.45, 2.75) is 18.6 Å². The van der Waals surface area contributed by atoms with Gasteiger partial charge in [0.1, 0.15) is 11.9 Å². The first kappa shape index (κ1) is 15.5. The van der Waals surface area contributed by atoms with E-state index in [9.17, 15) is 19.1 Å². The molecule has 7 heteroatoms. The molecule has 1 heterocycles. The van der Waals surface area contributed by atoms with Crippen LogP contribution in [0.5, 0.6) is 0 Å². The standard InChI is InChI=1S/C14H13ClFNO4/c15-10-2-1-3-11(16)9(10)4-5-13(19)17-7-8(18)6-12(17)14(20)21/h1-5,8,12,18H,6-7H2,(H,20,21)/t8-,12+/m1/s1. The third-order valence-electron chi connectivity index (χ3n) is 3.24. The Morgan fingerprint density at radius 1 is 1.43 bits per heavy atom. The minimum atomic E-state index is -1.18. The van der Waals surface area contributed by atoms with E-state index in [1.807, 2.05) is 0 Å². The molecule has 112 valence electrons. The second-order valence-electron chi connectivity index (χ2n) is 4.70. The number of carboxylic acids is 1. The van der Waals surface area contributed by atoms with Gasteiger partial charge in [-0.15, -0.1) is 0 Å². The van der Waals surface area contributed by atoms with Crippen LogP contribution in [0.25, 0.3) is 6.08 Å². The molecule has 2 atom stereocenters. The van der Waals surface area contributed by atoms with Crippen LogP contribution >= 0.6 is 11.6 Å². The zero-order chi connectivity index (χ0) is 15.6.